The monoisotopic (exact) mass is 457 g/mol. The third-order valence-electron chi connectivity index (χ3n) is 7.81. The predicted molar refractivity (Wildman–Crippen MR) is 151 cm³/mol. The number of rotatable bonds is 5. The van der Waals surface area contributed by atoms with Crippen molar-refractivity contribution in [2.45, 2.75) is 46.5 Å². The van der Waals surface area contributed by atoms with Gasteiger partial charge in [-0.05, 0) is 89.4 Å². The number of benzene rings is 4. The van der Waals surface area contributed by atoms with Crippen molar-refractivity contribution in [2.75, 3.05) is 12.4 Å². The number of hydrogen-bond acceptors (Lipinski definition) is 1. The second-order valence-electron chi connectivity index (χ2n) is 10.4. The van der Waals surface area contributed by atoms with Crippen molar-refractivity contribution in [3.8, 4) is 11.1 Å². The van der Waals surface area contributed by atoms with Crippen LogP contribution in [0.5, 0.6) is 0 Å². The van der Waals surface area contributed by atoms with E-state index in [1.54, 1.807) is 0 Å². The van der Waals surface area contributed by atoms with Gasteiger partial charge in [0.05, 0.1) is 0 Å². The van der Waals surface area contributed by atoms with E-state index in [1.165, 1.54) is 66.9 Å². The van der Waals surface area contributed by atoms with Gasteiger partial charge in [0.15, 0.2) is 0 Å². The lowest BCUT2D eigenvalue weighted by Gasteiger charge is -2.23. The highest BCUT2D eigenvalue weighted by molar-refractivity contribution is 5.92. The van der Waals surface area contributed by atoms with Gasteiger partial charge in [0, 0.05) is 23.7 Å². The minimum absolute atomic E-state index is 0.0110. The molecule has 1 N–H and O–H groups in total. The van der Waals surface area contributed by atoms with E-state index < -0.39 is 0 Å². The normalized spacial score (nSPS) is 13.9. The van der Waals surface area contributed by atoms with Crippen molar-refractivity contribution in [3.63, 3.8) is 0 Å². The summed E-state index contributed by atoms with van der Waals surface area (Å²) in [5, 5.41) is 3.53. The van der Waals surface area contributed by atoms with Crippen LogP contribution in [-0.2, 0) is 11.8 Å². The lowest BCUT2D eigenvalue weighted by Crippen LogP contribution is -2.15. The van der Waals surface area contributed by atoms with Crippen LogP contribution in [0.4, 0.5) is 5.69 Å². The highest BCUT2D eigenvalue weighted by Gasteiger charge is 2.36. The Kier molecular flexibility index (Phi) is 5.89. The highest BCUT2D eigenvalue weighted by atomic mass is 14.8. The van der Waals surface area contributed by atoms with Crippen molar-refractivity contribution >= 4 is 11.3 Å². The number of anilines is 1. The molecular weight excluding hydrogens is 422 g/mol. The Bertz CT molecular complexity index is 1440. The SMILES string of the molecule is CNc1cc2c(cc1/C(=C\Cc1cc(C)cc(C)c1C)c1ccccc1)-c1ccccc1C2(C)C. The van der Waals surface area contributed by atoms with Crippen LogP contribution in [0.15, 0.2) is 84.9 Å². The summed E-state index contributed by atoms with van der Waals surface area (Å²) in [6.45, 7) is 11.3. The molecule has 0 bridgehead atoms. The summed E-state index contributed by atoms with van der Waals surface area (Å²) in [6, 6.07) is 29.1. The smallest absolute Gasteiger partial charge is 0.0420 e. The summed E-state index contributed by atoms with van der Waals surface area (Å²) in [7, 11) is 2.04. The van der Waals surface area contributed by atoms with Gasteiger partial charge in [-0.3, -0.25) is 0 Å². The maximum Gasteiger partial charge on any atom is 0.0420 e. The van der Waals surface area contributed by atoms with Crippen molar-refractivity contribution in [1.29, 1.82) is 0 Å². The first-order valence-electron chi connectivity index (χ1n) is 12.6. The Morgan fingerprint density at radius 2 is 1.51 bits per heavy atom. The first-order chi connectivity index (χ1) is 16.8. The van der Waals surface area contributed by atoms with Gasteiger partial charge in [0.1, 0.15) is 0 Å². The fraction of sp³-hybridized carbons (Fsp3) is 0.235. The maximum atomic E-state index is 3.53. The fourth-order valence-corrected chi connectivity index (χ4v) is 5.73. The van der Waals surface area contributed by atoms with E-state index >= 15 is 0 Å². The van der Waals surface area contributed by atoms with Gasteiger partial charge in [0.25, 0.3) is 0 Å². The summed E-state index contributed by atoms with van der Waals surface area (Å²) in [6.07, 6.45) is 3.33. The zero-order valence-corrected chi connectivity index (χ0v) is 21.8. The molecule has 0 saturated carbocycles. The average molecular weight is 458 g/mol. The van der Waals surface area contributed by atoms with Crippen LogP contribution in [-0.4, -0.2) is 7.05 Å². The van der Waals surface area contributed by atoms with E-state index in [1.807, 2.05) is 7.05 Å². The molecule has 1 nitrogen and oxygen atoms in total. The first kappa shape index (κ1) is 23.2. The van der Waals surface area contributed by atoms with Crippen LogP contribution in [0.1, 0.15) is 58.4 Å². The quantitative estimate of drug-likeness (QED) is 0.316. The van der Waals surface area contributed by atoms with Crippen molar-refractivity contribution in [3.05, 3.63) is 129 Å². The molecule has 0 radical (unpaired) electrons. The van der Waals surface area contributed by atoms with Gasteiger partial charge >= 0.3 is 0 Å². The first-order valence-corrected chi connectivity index (χ1v) is 12.6. The van der Waals surface area contributed by atoms with Gasteiger partial charge in [0.2, 0.25) is 0 Å². The summed E-state index contributed by atoms with van der Waals surface area (Å²) in [5.74, 6) is 0. The van der Waals surface area contributed by atoms with Gasteiger partial charge < -0.3 is 5.32 Å². The molecule has 0 fully saturated rings. The van der Waals surface area contributed by atoms with Crippen molar-refractivity contribution < 1.29 is 0 Å². The number of fused-ring (bicyclic) bond motifs is 3. The Morgan fingerprint density at radius 3 is 2.26 bits per heavy atom. The molecule has 0 aliphatic heterocycles. The highest BCUT2D eigenvalue weighted by Crippen LogP contribution is 2.51. The second-order valence-corrected chi connectivity index (χ2v) is 10.4. The average Bonchev–Trinajstić information content (AvgIpc) is 3.08. The lowest BCUT2D eigenvalue weighted by molar-refractivity contribution is 0.660. The summed E-state index contributed by atoms with van der Waals surface area (Å²) in [5.41, 5.74) is 15.9. The summed E-state index contributed by atoms with van der Waals surface area (Å²) in [4.78, 5) is 0. The molecule has 0 unspecified atom stereocenters. The third-order valence-corrected chi connectivity index (χ3v) is 7.81. The van der Waals surface area contributed by atoms with E-state index in [0.717, 1.165) is 6.42 Å². The van der Waals surface area contributed by atoms with Crippen LogP contribution in [0.25, 0.3) is 16.7 Å². The summed E-state index contributed by atoms with van der Waals surface area (Å²) >= 11 is 0. The Hall–Kier alpha value is -3.58. The summed E-state index contributed by atoms with van der Waals surface area (Å²) < 4.78 is 0. The Morgan fingerprint density at radius 1 is 0.800 bits per heavy atom. The second kappa shape index (κ2) is 8.89. The van der Waals surface area contributed by atoms with E-state index in [4.69, 9.17) is 0 Å². The van der Waals surface area contributed by atoms with E-state index in [9.17, 15) is 0 Å². The van der Waals surface area contributed by atoms with E-state index in [0.29, 0.717) is 0 Å². The molecule has 0 amide bonds. The predicted octanol–water partition coefficient (Wildman–Crippen LogP) is 8.63. The Labute approximate surface area is 210 Å². The van der Waals surface area contributed by atoms with Crippen LogP contribution in [0.3, 0.4) is 0 Å². The number of allylic oxidation sites excluding steroid dienone is 1. The minimum atomic E-state index is -0.0110. The van der Waals surface area contributed by atoms with Crippen LogP contribution >= 0.6 is 0 Å². The molecule has 1 aliphatic carbocycles. The van der Waals surface area contributed by atoms with Crippen LogP contribution in [0.2, 0.25) is 0 Å². The minimum Gasteiger partial charge on any atom is -0.388 e. The molecule has 0 saturated heterocycles. The van der Waals surface area contributed by atoms with Gasteiger partial charge in [-0.15, -0.1) is 0 Å². The maximum absolute atomic E-state index is 3.53. The fourth-order valence-electron chi connectivity index (χ4n) is 5.73. The molecule has 0 aromatic heterocycles. The molecule has 35 heavy (non-hydrogen) atoms. The molecule has 0 spiro atoms. The molecule has 176 valence electrons. The molecule has 4 aromatic rings. The van der Waals surface area contributed by atoms with Crippen molar-refractivity contribution in [2.24, 2.45) is 0 Å². The van der Waals surface area contributed by atoms with E-state index in [-0.39, 0.29) is 5.41 Å². The zero-order chi connectivity index (χ0) is 24.7. The largest absolute Gasteiger partial charge is 0.388 e. The Balaban J connectivity index is 1.71. The van der Waals surface area contributed by atoms with Gasteiger partial charge in [-0.1, -0.05) is 92.2 Å². The molecule has 4 aromatic carbocycles. The number of nitrogens with one attached hydrogen (secondary N) is 1. The van der Waals surface area contributed by atoms with Crippen LogP contribution in [0, 0.1) is 20.8 Å². The molecule has 0 heterocycles. The van der Waals surface area contributed by atoms with Crippen LogP contribution < -0.4 is 5.32 Å². The number of aryl methyl sites for hydroxylation is 2. The molecule has 5 rings (SSSR count). The molecular formula is C34H35N. The molecule has 1 heteroatoms. The molecule has 1 aliphatic rings. The standard InChI is InChI=1S/C34H35N/c1-22-18-23(2)24(3)26(19-22)16-17-27(25-12-8-7-9-13-25)30-20-29-28-14-10-11-15-31(28)34(4,5)32(29)21-33(30)35-6/h7-15,17-21,35H,16H2,1-6H3/b27-17-. The topological polar surface area (TPSA) is 12.0 Å². The van der Waals surface area contributed by atoms with Gasteiger partial charge in [-0.2, -0.15) is 0 Å². The third kappa shape index (κ3) is 4.00. The molecule has 0 atom stereocenters. The zero-order valence-electron chi connectivity index (χ0n) is 21.8. The van der Waals surface area contributed by atoms with Gasteiger partial charge in [-0.25, -0.2) is 0 Å². The number of hydrogen-bond donors (Lipinski definition) is 1. The van der Waals surface area contributed by atoms with E-state index in [2.05, 4.69) is 125 Å². The van der Waals surface area contributed by atoms with Crippen molar-refractivity contribution in [1.82, 2.24) is 0 Å². The lowest BCUT2D eigenvalue weighted by atomic mass is 9.81.